The van der Waals surface area contributed by atoms with E-state index in [0.717, 1.165) is 27.3 Å². The van der Waals surface area contributed by atoms with Gasteiger partial charge in [0.2, 0.25) is 5.95 Å². The molecule has 21 heavy (non-hydrogen) atoms. The van der Waals surface area contributed by atoms with Crippen molar-refractivity contribution in [2.45, 2.75) is 13.5 Å². The molecule has 1 aromatic carbocycles. The average Bonchev–Trinajstić information content (AvgIpc) is 2.85. The highest BCUT2D eigenvalue weighted by atomic mass is 32.1. The number of anilines is 2. The van der Waals surface area contributed by atoms with Gasteiger partial charge in [-0.1, -0.05) is 12.1 Å². The first-order chi connectivity index (χ1) is 10.2. The fourth-order valence-electron chi connectivity index (χ4n) is 2.16. The Morgan fingerprint density at radius 2 is 2.14 bits per heavy atom. The van der Waals surface area contributed by atoms with Gasteiger partial charge in [-0.3, -0.25) is 0 Å². The van der Waals surface area contributed by atoms with E-state index in [1.807, 2.05) is 31.2 Å². The van der Waals surface area contributed by atoms with Gasteiger partial charge in [-0.25, -0.2) is 4.98 Å². The second-order valence-corrected chi connectivity index (χ2v) is 5.95. The maximum Gasteiger partial charge on any atom is 0.223 e. The molecule has 0 aliphatic heterocycles. The van der Waals surface area contributed by atoms with Crippen LogP contribution in [0.25, 0.3) is 10.2 Å². The Bertz CT molecular complexity index is 784. The van der Waals surface area contributed by atoms with Crippen molar-refractivity contribution in [2.75, 3.05) is 18.2 Å². The topological polar surface area (TPSA) is 73.1 Å². The molecule has 5 nitrogen and oxygen atoms in total. The molecule has 2 heterocycles. The van der Waals surface area contributed by atoms with E-state index in [-0.39, 0.29) is 5.95 Å². The van der Waals surface area contributed by atoms with E-state index in [0.29, 0.717) is 6.54 Å². The number of hydrogen-bond donors (Lipinski definition) is 2. The Morgan fingerprint density at radius 3 is 2.95 bits per heavy atom. The lowest BCUT2D eigenvalue weighted by atomic mass is 10.2. The third-order valence-electron chi connectivity index (χ3n) is 3.13. The van der Waals surface area contributed by atoms with Crippen LogP contribution in [-0.4, -0.2) is 17.1 Å². The summed E-state index contributed by atoms with van der Waals surface area (Å²) in [5.41, 5.74) is 6.89. The number of nitrogens with one attached hydrogen (secondary N) is 1. The van der Waals surface area contributed by atoms with E-state index >= 15 is 0 Å². The predicted octanol–water partition coefficient (Wildman–Crippen LogP) is 3.20. The third kappa shape index (κ3) is 2.90. The van der Waals surface area contributed by atoms with Crippen molar-refractivity contribution in [3.05, 3.63) is 40.8 Å². The second-order valence-electron chi connectivity index (χ2n) is 4.71. The highest BCUT2D eigenvalue weighted by Crippen LogP contribution is 2.29. The van der Waals surface area contributed by atoms with Gasteiger partial charge in [0.1, 0.15) is 16.4 Å². The number of aryl methyl sites for hydroxylation is 1. The van der Waals surface area contributed by atoms with Gasteiger partial charge in [-0.15, -0.1) is 11.3 Å². The molecule has 0 amide bonds. The molecule has 0 saturated carbocycles. The number of methoxy groups -OCH3 is 1. The molecule has 3 rings (SSSR count). The summed E-state index contributed by atoms with van der Waals surface area (Å²) in [6.45, 7) is 2.70. The Labute approximate surface area is 126 Å². The Hall–Kier alpha value is -2.34. The van der Waals surface area contributed by atoms with Crippen molar-refractivity contribution < 1.29 is 4.74 Å². The van der Waals surface area contributed by atoms with Gasteiger partial charge in [-0.2, -0.15) is 4.98 Å². The van der Waals surface area contributed by atoms with E-state index in [1.54, 1.807) is 18.4 Å². The molecular weight excluding hydrogens is 284 g/mol. The van der Waals surface area contributed by atoms with Crippen molar-refractivity contribution in [3.8, 4) is 5.75 Å². The van der Waals surface area contributed by atoms with E-state index in [1.165, 1.54) is 4.88 Å². The van der Waals surface area contributed by atoms with Crippen molar-refractivity contribution >= 4 is 33.3 Å². The number of aromatic nitrogens is 2. The number of nitrogens with two attached hydrogens (primary N) is 1. The highest BCUT2D eigenvalue weighted by Gasteiger charge is 2.09. The van der Waals surface area contributed by atoms with Crippen LogP contribution in [-0.2, 0) is 6.54 Å². The summed E-state index contributed by atoms with van der Waals surface area (Å²) in [5, 5.41) is 4.34. The Morgan fingerprint density at radius 1 is 1.29 bits per heavy atom. The summed E-state index contributed by atoms with van der Waals surface area (Å²) < 4.78 is 5.23. The number of nitrogens with zero attached hydrogens (tertiary/aromatic N) is 2. The molecule has 0 radical (unpaired) electrons. The van der Waals surface area contributed by atoms with Crippen molar-refractivity contribution in [1.29, 1.82) is 0 Å². The summed E-state index contributed by atoms with van der Waals surface area (Å²) in [7, 11) is 1.66. The number of nitrogen functional groups attached to an aromatic ring is 1. The number of hydrogen-bond acceptors (Lipinski definition) is 6. The van der Waals surface area contributed by atoms with Crippen molar-refractivity contribution in [3.63, 3.8) is 0 Å². The van der Waals surface area contributed by atoms with E-state index in [2.05, 4.69) is 21.4 Å². The molecule has 0 fully saturated rings. The van der Waals surface area contributed by atoms with Crippen LogP contribution in [0.4, 0.5) is 11.8 Å². The molecule has 0 atom stereocenters. The largest absolute Gasteiger partial charge is 0.497 e. The van der Waals surface area contributed by atoms with Crippen LogP contribution in [0.5, 0.6) is 5.75 Å². The van der Waals surface area contributed by atoms with Gasteiger partial charge in [0, 0.05) is 11.4 Å². The molecule has 3 aromatic rings. The number of thiophene rings is 1. The minimum absolute atomic E-state index is 0.289. The van der Waals surface area contributed by atoms with E-state index in [9.17, 15) is 0 Å². The lowest BCUT2D eigenvalue weighted by Gasteiger charge is -2.08. The monoisotopic (exact) mass is 300 g/mol. The molecule has 3 N–H and O–H groups in total. The SMILES string of the molecule is COc1cccc(CNc2nc(N)nc3sc(C)cc23)c1. The molecule has 0 aliphatic rings. The summed E-state index contributed by atoms with van der Waals surface area (Å²) in [4.78, 5) is 10.7. The number of ether oxygens (including phenoxy) is 1. The minimum Gasteiger partial charge on any atom is -0.497 e. The lowest BCUT2D eigenvalue weighted by Crippen LogP contribution is -2.04. The van der Waals surface area contributed by atoms with Crippen LogP contribution in [0.2, 0.25) is 0 Å². The van der Waals surface area contributed by atoms with E-state index < -0.39 is 0 Å². The van der Waals surface area contributed by atoms with Crippen LogP contribution in [0, 0.1) is 6.92 Å². The average molecular weight is 300 g/mol. The summed E-state index contributed by atoms with van der Waals surface area (Å²) in [6.07, 6.45) is 0. The first-order valence-corrected chi connectivity index (χ1v) is 7.38. The van der Waals surface area contributed by atoms with Crippen LogP contribution in [0.15, 0.2) is 30.3 Å². The van der Waals surface area contributed by atoms with Gasteiger partial charge >= 0.3 is 0 Å². The molecule has 6 heteroatoms. The normalized spacial score (nSPS) is 10.8. The van der Waals surface area contributed by atoms with Crippen LogP contribution in [0.1, 0.15) is 10.4 Å². The summed E-state index contributed by atoms with van der Waals surface area (Å²) >= 11 is 1.62. The quantitative estimate of drug-likeness (QED) is 0.774. The van der Waals surface area contributed by atoms with Gasteiger partial charge < -0.3 is 15.8 Å². The molecule has 0 aliphatic carbocycles. The molecule has 2 aromatic heterocycles. The Balaban J connectivity index is 1.87. The van der Waals surface area contributed by atoms with Gasteiger partial charge in [0.15, 0.2) is 0 Å². The maximum absolute atomic E-state index is 5.77. The fourth-order valence-corrected chi connectivity index (χ4v) is 3.05. The minimum atomic E-state index is 0.289. The maximum atomic E-state index is 5.77. The number of fused-ring (bicyclic) bond motifs is 1. The molecule has 108 valence electrons. The smallest absolute Gasteiger partial charge is 0.223 e. The summed E-state index contributed by atoms with van der Waals surface area (Å²) in [5.74, 6) is 1.90. The second kappa shape index (κ2) is 5.57. The zero-order valence-electron chi connectivity index (χ0n) is 11.9. The number of benzene rings is 1. The zero-order valence-corrected chi connectivity index (χ0v) is 12.7. The van der Waals surface area contributed by atoms with Gasteiger partial charge in [-0.05, 0) is 30.7 Å². The van der Waals surface area contributed by atoms with Crippen molar-refractivity contribution in [1.82, 2.24) is 9.97 Å². The Kier molecular flexibility index (Phi) is 3.62. The van der Waals surface area contributed by atoms with Gasteiger partial charge in [0.25, 0.3) is 0 Å². The fraction of sp³-hybridized carbons (Fsp3) is 0.200. The van der Waals surface area contributed by atoms with Crippen LogP contribution >= 0.6 is 11.3 Å². The molecule has 0 unspecified atom stereocenters. The molecular formula is C15H16N4OS. The standard InChI is InChI=1S/C15H16N4OS/c1-9-6-12-13(18-15(16)19-14(12)21-9)17-8-10-4-3-5-11(7-10)20-2/h3-7H,8H2,1-2H3,(H3,16,17,18,19). The first-order valence-electron chi connectivity index (χ1n) is 6.56. The third-order valence-corrected chi connectivity index (χ3v) is 4.07. The van der Waals surface area contributed by atoms with Gasteiger partial charge in [0.05, 0.1) is 12.5 Å². The highest BCUT2D eigenvalue weighted by molar-refractivity contribution is 7.18. The molecule has 0 spiro atoms. The van der Waals surface area contributed by atoms with Crippen molar-refractivity contribution in [2.24, 2.45) is 0 Å². The van der Waals surface area contributed by atoms with Crippen LogP contribution in [0.3, 0.4) is 0 Å². The first kappa shape index (κ1) is 13.6. The molecule has 0 saturated heterocycles. The predicted molar refractivity (Wildman–Crippen MR) is 86.9 cm³/mol. The lowest BCUT2D eigenvalue weighted by molar-refractivity contribution is 0.414. The van der Waals surface area contributed by atoms with E-state index in [4.69, 9.17) is 10.5 Å². The zero-order chi connectivity index (χ0) is 14.8. The van der Waals surface area contributed by atoms with Crippen LogP contribution < -0.4 is 15.8 Å². The summed E-state index contributed by atoms with van der Waals surface area (Å²) in [6, 6.07) is 10.00. The number of rotatable bonds is 4. The molecule has 0 bridgehead atoms.